The number of likely N-dealkylation sites (N-methyl/N-ethyl adjacent to an activating group) is 1. The molecule has 1 unspecified atom stereocenters. The van der Waals surface area contributed by atoms with Crippen LogP contribution in [0.1, 0.15) is 124 Å². The van der Waals surface area contributed by atoms with Crippen LogP contribution in [0.3, 0.4) is 0 Å². The number of fused-ring (bicyclic) bond motifs is 1. The third-order valence-electron chi connectivity index (χ3n) is 18.3. The Hall–Kier alpha value is -10.1. The number of aryl methyl sites for hydroxylation is 1. The van der Waals surface area contributed by atoms with Crippen LogP contribution in [0.25, 0.3) is 22.8 Å². The summed E-state index contributed by atoms with van der Waals surface area (Å²) in [6, 6.07) is 3.70. The summed E-state index contributed by atoms with van der Waals surface area (Å²) in [7, 11) is 0. The number of ether oxygens (including phenoxy) is 1. The van der Waals surface area contributed by atoms with E-state index in [0.717, 1.165) is 30.1 Å². The standard InChI is InChI=1S/C73H105FN18O15/c1-9-91(10-2)32-31-81-69(102)59-39(5)55(82-40(59)6)36-49-48-35-47(74)19-20-58(48)92(72(49)105)73(106)107-37-44-13-17-46(18-14-44)45-15-11-43(12-16-45)34-57-68(101)88-56(33-38(3)4)67(100)85-50(21-26-75)62(95)84-53(24-29-78)66(99)90-61(42(8)94)71(104)80-30-25-54(65(98)83-51(22-27-76)64(97)89-57)86-63(96)52(23-28-77)87-70(103)60(79)41(7)93/h11-20,35-36,38,41-42,50-54,56-57,60-61,82,93-94H,9-10,21-34,37,75-79H2,1-8H3,(H,80,104)(H,81,102)(H,83,98)(H,84,95)(H,85,100)(H,86,96)(H,87,103)(H,88,101)(H,89,97)(H,90,99)/b49-36-/t41-,42-,50+,51?,52+,53+,54+,56+,57-,60+,61+/m1/s1. The lowest BCUT2D eigenvalue weighted by Crippen LogP contribution is -2.61. The number of amides is 12. The molecule has 12 amide bonds. The zero-order valence-corrected chi connectivity index (χ0v) is 61.7. The number of aliphatic hydroxyl groups is 2. The van der Waals surface area contributed by atoms with E-state index in [9.17, 15) is 72.1 Å². The molecule has 6 rings (SSSR count). The zero-order valence-electron chi connectivity index (χ0n) is 61.7. The average molecular weight is 1490 g/mol. The molecule has 3 heterocycles. The molecule has 11 atom stereocenters. The van der Waals surface area contributed by atoms with Gasteiger partial charge in [-0.25, -0.2) is 14.1 Å². The van der Waals surface area contributed by atoms with Gasteiger partial charge in [-0.05, 0) is 163 Å². The minimum Gasteiger partial charge on any atom is -0.444 e. The molecule has 33 nitrogen and oxygen atoms in total. The van der Waals surface area contributed by atoms with E-state index < -0.39 is 151 Å². The molecule has 0 aliphatic carbocycles. The van der Waals surface area contributed by atoms with E-state index in [2.05, 4.69) is 63.1 Å². The highest BCUT2D eigenvalue weighted by Crippen LogP contribution is 2.39. The lowest BCUT2D eigenvalue weighted by atomic mass is 9.98. The van der Waals surface area contributed by atoms with E-state index in [0.29, 0.717) is 57.9 Å². The number of nitrogens with one attached hydrogen (secondary N) is 11. The van der Waals surface area contributed by atoms with Crippen molar-refractivity contribution in [2.75, 3.05) is 63.8 Å². The van der Waals surface area contributed by atoms with Crippen LogP contribution in [0.15, 0.2) is 66.7 Å². The molecule has 0 bridgehead atoms. The molecular weight excluding hydrogens is 1390 g/mol. The Morgan fingerprint density at radius 2 is 1.21 bits per heavy atom. The highest BCUT2D eigenvalue weighted by atomic mass is 19.1. The molecule has 2 aliphatic rings. The molecule has 107 heavy (non-hydrogen) atoms. The molecule has 1 fully saturated rings. The lowest BCUT2D eigenvalue weighted by molar-refractivity contribution is -0.136. The van der Waals surface area contributed by atoms with E-state index in [-0.39, 0.29) is 100.0 Å². The molecule has 0 spiro atoms. The van der Waals surface area contributed by atoms with Crippen LogP contribution in [0.5, 0.6) is 0 Å². The van der Waals surface area contributed by atoms with E-state index in [1.165, 1.54) is 26.0 Å². The maximum absolute atomic E-state index is 14.9. The summed E-state index contributed by atoms with van der Waals surface area (Å²) in [6.07, 6.45) is -4.00. The lowest BCUT2D eigenvalue weighted by Gasteiger charge is -2.28. The fraction of sp³-hybridized carbons (Fsp3) is 0.507. The van der Waals surface area contributed by atoms with Crippen LogP contribution in [-0.2, 0) is 65.7 Å². The van der Waals surface area contributed by atoms with Crippen LogP contribution in [0.4, 0.5) is 14.9 Å². The van der Waals surface area contributed by atoms with Crippen molar-refractivity contribution in [1.82, 2.24) is 63.1 Å². The molecule has 0 radical (unpaired) electrons. The number of halogens is 1. The minimum absolute atomic E-state index is 0.00813. The van der Waals surface area contributed by atoms with Gasteiger partial charge in [0.25, 0.3) is 11.8 Å². The van der Waals surface area contributed by atoms with Crippen LogP contribution < -0.4 is 86.7 Å². The van der Waals surface area contributed by atoms with E-state index >= 15 is 0 Å². The topological polar surface area (TPSA) is 527 Å². The molecule has 1 aromatic heterocycles. The van der Waals surface area contributed by atoms with Crippen molar-refractivity contribution in [3.8, 4) is 11.1 Å². The minimum atomic E-state index is -1.69. The van der Waals surface area contributed by atoms with Crippen LogP contribution in [-0.4, -0.2) is 217 Å². The Bertz CT molecular complexity index is 3830. The third-order valence-corrected chi connectivity index (χ3v) is 18.3. The molecule has 23 N–H and O–H groups in total. The number of aliphatic hydroxyl groups excluding tert-OH is 2. The molecule has 1 saturated heterocycles. The number of hydrogen-bond donors (Lipinski definition) is 18. The van der Waals surface area contributed by atoms with Crippen molar-refractivity contribution in [3.63, 3.8) is 0 Å². The highest BCUT2D eigenvalue weighted by molar-refractivity contribution is 6.41. The predicted molar refractivity (Wildman–Crippen MR) is 396 cm³/mol. The third kappa shape index (κ3) is 24.0. The van der Waals surface area contributed by atoms with E-state index in [4.69, 9.17) is 33.4 Å². The van der Waals surface area contributed by atoms with Crippen molar-refractivity contribution in [2.24, 2.45) is 34.6 Å². The molecule has 584 valence electrons. The Labute approximate surface area is 620 Å². The first kappa shape index (κ1) is 85.9. The van der Waals surface area contributed by atoms with Crippen molar-refractivity contribution in [2.45, 2.75) is 174 Å². The van der Waals surface area contributed by atoms with Gasteiger partial charge in [-0.15, -0.1) is 0 Å². The van der Waals surface area contributed by atoms with Gasteiger partial charge in [0.05, 0.1) is 29.0 Å². The van der Waals surface area contributed by atoms with Crippen LogP contribution >= 0.6 is 0 Å². The van der Waals surface area contributed by atoms with E-state index in [1.54, 1.807) is 76.2 Å². The summed E-state index contributed by atoms with van der Waals surface area (Å²) in [5.74, 6) is -10.5. The molecule has 0 saturated carbocycles. The quantitative estimate of drug-likeness (QED) is 0.0279. The number of hydrogen-bond acceptors (Lipinski definition) is 21. The van der Waals surface area contributed by atoms with Gasteiger partial charge in [-0.3, -0.25) is 52.7 Å². The first-order valence-corrected chi connectivity index (χ1v) is 35.9. The fourth-order valence-corrected chi connectivity index (χ4v) is 12.2. The predicted octanol–water partition coefficient (Wildman–Crippen LogP) is -1.80. The Morgan fingerprint density at radius 1 is 0.682 bits per heavy atom. The van der Waals surface area contributed by atoms with Crippen molar-refractivity contribution in [3.05, 3.63) is 112 Å². The number of nitrogens with two attached hydrogens (primary N) is 5. The van der Waals surface area contributed by atoms with Gasteiger partial charge in [0.15, 0.2) is 0 Å². The Balaban J connectivity index is 1.27. The highest BCUT2D eigenvalue weighted by Gasteiger charge is 2.40. The normalized spacial score (nSPS) is 21.0. The average Bonchev–Trinajstić information content (AvgIpc) is 1.61. The number of carbonyl (C=O) groups excluding carboxylic acids is 12. The second kappa shape index (κ2) is 41.2. The largest absolute Gasteiger partial charge is 0.444 e. The SMILES string of the molecule is CCN(CC)CCNC(=O)c1c(C)[nH]c(/C=C2\C(=O)N(C(=O)OCc3ccc(-c4ccc(C[C@H]5NC(=O)C(CCN)NC(=O)[C@@H](NC(=O)[C@H](CCN)NC(=O)[C@@H](N)[C@@H](C)O)CCNC(=O)[C@H]([C@@H](C)O)NC(=O)[C@H](CCN)NC(=O)[C@H](CCN)NC(=O)[C@H](CC(C)C)NC5=O)cc4)cc3)c3ccc(F)cc32)c1C. The number of carbonyl (C=O) groups is 12. The van der Waals surface area contributed by atoms with Crippen molar-refractivity contribution in [1.29, 1.82) is 0 Å². The Morgan fingerprint density at radius 3 is 1.76 bits per heavy atom. The van der Waals surface area contributed by atoms with Crippen molar-refractivity contribution < 1.29 is 76.9 Å². The smallest absolute Gasteiger partial charge is 0.421 e. The maximum Gasteiger partial charge on any atom is 0.421 e. The van der Waals surface area contributed by atoms with Gasteiger partial charge in [0.2, 0.25) is 53.2 Å². The molecule has 2 aliphatic heterocycles. The molecule has 3 aromatic carbocycles. The first-order valence-electron chi connectivity index (χ1n) is 35.9. The molecule has 4 aromatic rings. The van der Waals surface area contributed by atoms with Gasteiger partial charge in [-0.2, -0.15) is 0 Å². The monoisotopic (exact) mass is 1490 g/mol. The summed E-state index contributed by atoms with van der Waals surface area (Å²) in [4.78, 5) is 175. The molecular formula is C73H105FN18O15. The van der Waals surface area contributed by atoms with Gasteiger partial charge < -0.3 is 107 Å². The fourth-order valence-electron chi connectivity index (χ4n) is 12.2. The summed E-state index contributed by atoms with van der Waals surface area (Å²) < 4.78 is 20.6. The summed E-state index contributed by atoms with van der Waals surface area (Å²) in [5.41, 5.74) is 34.0. The number of aromatic nitrogens is 1. The summed E-state index contributed by atoms with van der Waals surface area (Å²) in [5, 5.41) is 46.8. The van der Waals surface area contributed by atoms with Crippen LogP contribution in [0, 0.1) is 25.6 Å². The maximum atomic E-state index is 14.9. The number of imide groups is 1. The second-order valence-corrected chi connectivity index (χ2v) is 26.9. The first-order chi connectivity index (χ1) is 50.9. The summed E-state index contributed by atoms with van der Waals surface area (Å²) in [6.45, 7) is 14.8. The van der Waals surface area contributed by atoms with Gasteiger partial charge in [-0.1, -0.05) is 76.2 Å². The van der Waals surface area contributed by atoms with Crippen LogP contribution in [0.2, 0.25) is 0 Å². The number of anilines is 1. The number of aromatic amines is 1. The van der Waals surface area contributed by atoms with Gasteiger partial charge >= 0.3 is 6.09 Å². The van der Waals surface area contributed by atoms with E-state index in [1.807, 2.05) is 13.8 Å². The number of benzene rings is 3. The Kier molecular flexibility index (Phi) is 33.0. The van der Waals surface area contributed by atoms with Gasteiger partial charge in [0, 0.05) is 43.0 Å². The second-order valence-electron chi connectivity index (χ2n) is 26.9. The van der Waals surface area contributed by atoms with Crippen molar-refractivity contribution >= 4 is 88.4 Å². The molecule has 34 heteroatoms. The number of H-pyrrole nitrogens is 1. The summed E-state index contributed by atoms with van der Waals surface area (Å²) >= 11 is 0. The zero-order chi connectivity index (χ0) is 78.9. The van der Waals surface area contributed by atoms with Gasteiger partial charge in [0.1, 0.15) is 66.8 Å². The number of nitrogens with zero attached hydrogens (tertiary/aromatic N) is 2. The number of rotatable bonds is 28.